The first-order chi connectivity index (χ1) is 14.6. The number of benzene rings is 1. The maximum absolute atomic E-state index is 12.4. The highest BCUT2D eigenvalue weighted by Gasteiger charge is 2.26. The van der Waals surface area contributed by atoms with Gasteiger partial charge in [0.1, 0.15) is 13.2 Å². The first-order valence-electron chi connectivity index (χ1n) is 10.0. The topological polar surface area (TPSA) is 83.1 Å². The van der Waals surface area contributed by atoms with Crippen LogP contribution in [0.2, 0.25) is 0 Å². The maximum atomic E-state index is 12.4. The van der Waals surface area contributed by atoms with E-state index < -0.39 is 11.8 Å². The summed E-state index contributed by atoms with van der Waals surface area (Å²) in [6.45, 7) is 5.17. The molecule has 0 aliphatic carbocycles. The average Bonchev–Trinajstić information content (AvgIpc) is 3.29. The zero-order chi connectivity index (χ0) is 20.9. The number of fused-ring (bicyclic) bond motifs is 1. The highest BCUT2D eigenvalue weighted by Crippen LogP contribution is 2.32. The Morgan fingerprint density at radius 2 is 1.83 bits per heavy atom. The van der Waals surface area contributed by atoms with Crippen molar-refractivity contribution >= 4 is 28.8 Å². The molecule has 2 N–H and O–H groups in total. The van der Waals surface area contributed by atoms with E-state index in [1.807, 2.05) is 5.38 Å². The molecule has 0 saturated carbocycles. The van der Waals surface area contributed by atoms with Gasteiger partial charge in [0.05, 0.1) is 6.04 Å². The third-order valence-corrected chi connectivity index (χ3v) is 6.07. The summed E-state index contributed by atoms with van der Waals surface area (Å²) in [6.07, 6.45) is 0. The van der Waals surface area contributed by atoms with E-state index in [9.17, 15) is 9.59 Å². The number of hydrogen-bond donors (Lipinski definition) is 2. The summed E-state index contributed by atoms with van der Waals surface area (Å²) < 4.78 is 11.0. The predicted molar refractivity (Wildman–Crippen MR) is 115 cm³/mol. The number of rotatable bonds is 5. The van der Waals surface area contributed by atoms with Gasteiger partial charge < -0.3 is 25.0 Å². The van der Waals surface area contributed by atoms with E-state index >= 15 is 0 Å². The Morgan fingerprint density at radius 1 is 1.07 bits per heavy atom. The molecule has 2 amide bonds. The quantitative estimate of drug-likeness (QED) is 0.701. The number of carbonyl (C=O) groups excluding carboxylic acids is 2. The van der Waals surface area contributed by atoms with Crippen LogP contribution in [-0.4, -0.2) is 74.6 Å². The number of ether oxygens (including phenoxy) is 2. The van der Waals surface area contributed by atoms with Crippen molar-refractivity contribution in [3.05, 3.63) is 40.6 Å². The van der Waals surface area contributed by atoms with Crippen molar-refractivity contribution in [2.75, 3.05) is 58.3 Å². The van der Waals surface area contributed by atoms with Crippen molar-refractivity contribution in [3.8, 4) is 11.5 Å². The molecule has 160 valence electrons. The Hall–Kier alpha value is -2.62. The number of amides is 2. The normalized spacial score (nSPS) is 17.9. The molecule has 0 spiro atoms. The van der Waals surface area contributed by atoms with E-state index in [0.29, 0.717) is 36.9 Å². The van der Waals surface area contributed by atoms with Crippen molar-refractivity contribution in [1.29, 1.82) is 0 Å². The van der Waals surface area contributed by atoms with Gasteiger partial charge in [-0.3, -0.25) is 14.5 Å². The molecule has 30 heavy (non-hydrogen) atoms. The molecule has 1 aromatic heterocycles. The minimum Gasteiger partial charge on any atom is -0.486 e. The van der Waals surface area contributed by atoms with E-state index in [4.69, 9.17) is 9.47 Å². The molecular formula is C21H26N4O4S. The summed E-state index contributed by atoms with van der Waals surface area (Å²) in [6, 6.07) is 7.21. The summed E-state index contributed by atoms with van der Waals surface area (Å²) in [5, 5.41) is 9.57. The van der Waals surface area contributed by atoms with Gasteiger partial charge in [-0.2, -0.15) is 11.3 Å². The zero-order valence-electron chi connectivity index (χ0n) is 16.9. The predicted octanol–water partition coefficient (Wildman–Crippen LogP) is 1.56. The molecule has 3 heterocycles. The van der Waals surface area contributed by atoms with E-state index in [1.54, 1.807) is 29.5 Å². The van der Waals surface area contributed by atoms with Crippen LogP contribution in [0.25, 0.3) is 0 Å². The molecule has 2 aliphatic heterocycles. The Kier molecular flexibility index (Phi) is 6.51. The number of hydrogen-bond acceptors (Lipinski definition) is 7. The molecule has 2 aromatic rings. The summed E-state index contributed by atoms with van der Waals surface area (Å²) in [4.78, 5) is 29.5. The lowest BCUT2D eigenvalue weighted by atomic mass is 10.1. The van der Waals surface area contributed by atoms with E-state index in [1.165, 1.54) is 0 Å². The summed E-state index contributed by atoms with van der Waals surface area (Å²) >= 11 is 1.63. The van der Waals surface area contributed by atoms with Gasteiger partial charge >= 0.3 is 11.8 Å². The number of nitrogens with zero attached hydrogens (tertiary/aromatic N) is 2. The number of carbonyl (C=O) groups is 2. The SMILES string of the molecule is CN1CCN(C(CNC(=O)C(=O)Nc2ccc3c(c2)OCCO3)c2ccsc2)CC1. The lowest BCUT2D eigenvalue weighted by Gasteiger charge is -2.37. The fourth-order valence-corrected chi connectivity index (χ4v) is 4.34. The summed E-state index contributed by atoms with van der Waals surface area (Å²) in [5.74, 6) is -0.158. The number of anilines is 1. The monoisotopic (exact) mass is 430 g/mol. The van der Waals surface area contributed by atoms with Gasteiger partial charge in [-0.05, 0) is 41.6 Å². The van der Waals surface area contributed by atoms with Crippen LogP contribution < -0.4 is 20.1 Å². The van der Waals surface area contributed by atoms with Gasteiger partial charge in [-0.1, -0.05) is 0 Å². The Balaban J connectivity index is 1.35. The molecule has 2 aliphatic rings. The third kappa shape index (κ3) is 4.92. The number of likely N-dealkylation sites (N-methyl/N-ethyl adjacent to an activating group) is 1. The number of piperazine rings is 1. The van der Waals surface area contributed by atoms with Gasteiger partial charge in [-0.25, -0.2) is 0 Å². The van der Waals surface area contributed by atoms with Crippen LogP contribution in [-0.2, 0) is 9.59 Å². The fourth-order valence-electron chi connectivity index (χ4n) is 3.63. The van der Waals surface area contributed by atoms with Crippen LogP contribution in [0, 0.1) is 0 Å². The van der Waals surface area contributed by atoms with Gasteiger partial charge in [0.2, 0.25) is 0 Å². The lowest BCUT2D eigenvalue weighted by molar-refractivity contribution is -0.136. The second-order valence-corrected chi connectivity index (χ2v) is 8.21. The molecule has 1 saturated heterocycles. The third-order valence-electron chi connectivity index (χ3n) is 5.37. The van der Waals surface area contributed by atoms with Gasteiger partial charge in [0, 0.05) is 44.5 Å². The van der Waals surface area contributed by atoms with E-state index in [2.05, 4.69) is 38.9 Å². The minimum atomic E-state index is -0.700. The molecule has 1 atom stereocenters. The van der Waals surface area contributed by atoms with Crippen LogP contribution in [0.5, 0.6) is 11.5 Å². The summed E-state index contributed by atoms with van der Waals surface area (Å²) in [5.41, 5.74) is 1.66. The molecule has 9 heteroatoms. The van der Waals surface area contributed by atoms with Crippen molar-refractivity contribution in [2.24, 2.45) is 0 Å². The number of thiophene rings is 1. The van der Waals surface area contributed by atoms with Crippen molar-refractivity contribution in [3.63, 3.8) is 0 Å². The Labute approximate surface area is 179 Å². The maximum Gasteiger partial charge on any atom is 0.313 e. The minimum absolute atomic E-state index is 0.0518. The van der Waals surface area contributed by atoms with Crippen molar-refractivity contribution < 1.29 is 19.1 Å². The van der Waals surface area contributed by atoms with E-state index in [-0.39, 0.29) is 6.04 Å². The van der Waals surface area contributed by atoms with Gasteiger partial charge in [0.25, 0.3) is 0 Å². The molecule has 1 fully saturated rings. The van der Waals surface area contributed by atoms with Crippen LogP contribution in [0.15, 0.2) is 35.0 Å². The van der Waals surface area contributed by atoms with Gasteiger partial charge in [0.15, 0.2) is 11.5 Å². The van der Waals surface area contributed by atoms with Crippen molar-refractivity contribution in [1.82, 2.24) is 15.1 Å². The van der Waals surface area contributed by atoms with Crippen LogP contribution in [0.4, 0.5) is 5.69 Å². The molecule has 0 radical (unpaired) electrons. The second-order valence-electron chi connectivity index (χ2n) is 7.43. The highest BCUT2D eigenvalue weighted by atomic mass is 32.1. The zero-order valence-corrected chi connectivity index (χ0v) is 17.7. The van der Waals surface area contributed by atoms with Crippen LogP contribution in [0.3, 0.4) is 0 Å². The molecule has 1 aromatic carbocycles. The van der Waals surface area contributed by atoms with Crippen LogP contribution in [0.1, 0.15) is 11.6 Å². The van der Waals surface area contributed by atoms with Crippen molar-refractivity contribution in [2.45, 2.75) is 6.04 Å². The lowest BCUT2D eigenvalue weighted by Crippen LogP contribution is -2.49. The standard InChI is InChI=1S/C21H26N4O4S/c1-24-5-7-25(8-6-24)17(15-4-11-30-14-15)13-22-20(26)21(27)23-16-2-3-18-19(12-16)29-10-9-28-18/h2-4,11-12,14,17H,5-10,13H2,1H3,(H,22,26)(H,23,27). The molecule has 0 bridgehead atoms. The second kappa shape index (κ2) is 9.46. The Bertz CT molecular complexity index is 881. The first-order valence-corrected chi connectivity index (χ1v) is 11.0. The van der Waals surface area contributed by atoms with Crippen LogP contribution >= 0.6 is 11.3 Å². The number of nitrogens with one attached hydrogen (secondary N) is 2. The molecule has 4 rings (SSSR count). The fraction of sp³-hybridized carbons (Fsp3) is 0.429. The molecular weight excluding hydrogens is 404 g/mol. The Morgan fingerprint density at radius 3 is 2.57 bits per heavy atom. The first kappa shape index (κ1) is 20.6. The highest BCUT2D eigenvalue weighted by molar-refractivity contribution is 7.08. The molecule has 8 nitrogen and oxygen atoms in total. The van der Waals surface area contributed by atoms with E-state index in [0.717, 1.165) is 31.7 Å². The summed E-state index contributed by atoms with van der Waals surface area (Å²) in [7, 11) is 2.11. The van der Waals surface area contributed by atoms with Gasteiger partial charge in [-0.15, -0.1) is 0 Å². The average molecular weight is 431 g/mol. The smallest absolute Gasteiger partial charge is 0.313 e. The molecule has 1 unspecified atom stereocenters. The largest absolute Gasteiger partial charge is 0.486 e.